The van der Waals surface area contributed by atoms with Crippen molar-refractivity contribution in [1.82, 2.24) is 0 Å². The summed E-state index contributed by atoms with van der Waals surface area (Å²) in [6, 6.07) is 0. The van der Waals surface area contributed by atoms with Crippen LogP contribution in [-0.2, 0) is 19.1 Å². The van der Waals surface area contributed by atoms with Gasteiger partial charge in [0, 0.05) is 0 Å². The molecule has 0 aromatic carbocycles. The minimum Gasteiger partial charge on any atom is -0.367 e. The number of amides is 1. The number of carbonyl (C=O) groups is 1. The van der Waals surface area contributed by atoms with Gasteiger partial charge in [-0.15, -0.1) is 0 Å². The second kappa shape index (κ2) is 4.42. The Labute approximate surface area is 72.0 Å². The Morgan fingerprint density at radius 2 is 2.08 bits per heavy atom. The van der Waals surface area contributed by atoms with Crippen LogP contribution in [0, 0.1) is 0 Å². The molecule has 0 aliphatic rings. The van der Waals surface area contributed by atoms with Crippen molar-refractivity contribution in [3.8, 4) is 0 Å². The first-order valence-corrected chi connectivity index (χ1v) is 5.36. The molecule has 72 valence electrons. The molecule has 0 aliphatic heterocycles. The van der Waals surface area contributed by atoms with Gasteiger partial charge in [0.25, 0.3) is 10.1 Å². The Morgan fingerprint density at radius 3 is 2.33 bits per heavy atom. The lowest BCUT2D eigenvalue weighted by molar-refractivity contribution is -0.124. The third kappa shape index (κ3) is 5.09. The summed E-state index contributed by atoms with van der Waals surface area (Å²) < 4.78 is 25.6. The average molecular weight is 195 g/mol. The van der Waals surface area contributed by atoms with Crippen molar-refractivity contribution in [3.05, 3.63) is 0 Å². The summed E-state index contributed by atoms with van der Waals surface area (Å²) in [7, 11) is -3.59. The van der Waals surface area contributed by atoms with Gasteiger partial charge < -0.3 is 5.73 Å². The molecule has 0 fully saturated rings. The summed E-state index contributed by atoms with van der Waals surface area (Å²) >= 11 is 0. The van der Waals surface area contributed by atoms with Crippen molar-refractivity contribution < 1.29 is 17.4 Å². The van der Waals surface area contributed by atoms with Crippen molar-refractivity contribution in [2.24, 2.45) is 5.73 Å². The second-order valence-electron chi connectivity index (χ2n) is 2.48. The van der Waals surface area contributed by atoms with Gasteiger partial charge in [-0.3, -0.25) is 8.98 Å². The van der Waals surface area contributed by atoms with E-state index in [0.29, 0.717) is 12.8 Å². The SMILES string of the molecule is CCCC(OS(C)(=O)=O)C(N)=O. The molecule has 1 unspecified atom stereocenters. The summed E-state index contributed by atoms with van der Waals surface area (Å²) in [5.41, 5.74) is 4.90. The Hall–Kier alpha value is -0.620. The topological polar surface area (TPSA) is 86.5 Å². The van der Waals surface area contributed by atoms with Crippen LogP contribution < -0.4 is 5.73 Å². The third-order valence-electron chi connectivity index (χ3n) is 1.16. The van der Waals surface area contributed by atoms with Gasteiger partial charge in [0.1, 0.15) is 0 Å². The van der Waals surface area contributed by atoms with Crippen molar-refractivity contribution in [2.75, 3.05) is 6.26 Å². The molecule has 0 spiro atoms. The van der Waals surface area contributed by atoms with E-state index in [-0.39, 0.29) is 0 Å². The van der Waals surface area contributed by atoms with Crippen LogP contribution in [0.4, 0.5) is 0 Å². The highest BCUT2D eigenvalue weighted by Crippen LogP contribution is 2.04. The number of hydrogen-bond donors (Lipinski definition) is 1. The van der Waals surface area contributed by atoms with Crippen LogP contribution in [0.1, 0.15) is 19.8 Å². The third-order valence-corrected chi connectivity index (χ3v) is 1.74. The molecule has 0 aromatic rings. The van der Waals surface area contributed by atoms with Crippen LogP contribution in [0.25, 0.3) is 0 Å². The van der Waals surface area contributed by atoms with Gasteiger partial charge in [0.2, 0.25) is 5.91 Å². The van der Waals surface area contributed by atoms with Gasteiger partial charge in [-0.2, -0.15) is 8.42 Å². The molecule has 2 N–H and O–H groups in total. The van der Waals surface area contributed by atoms with Crippen LogP contribution in [0.15, 0.2) is 0 Å². The zero-order valence-corrected chi connectivity index (χ0v) is 7.93. The summed E-state index contributed by atoms with van der Waals surface area (Å²) in [5, 5.41) is 0. The first kappa shape index (κ1) is 11.4. The summed E-state index contributed by atoms with van der Waals surface area (Å²) in [6.07, 6.45) is 0.828. The maximum Gasteiger partial charge on any atom is 0.265 e. The van der Waals surface area contributed by atoms with E-state index < -0.39 is 22.1 Å². The normalized spacial score (nSPS) is 14.2. The molecule has 1 amide bonds. The standard InChI is InChI=1S/C6H13NO4S/c1-3-4-5(6(7)8)11-12(2,9)10/h5H,3-4H2,1-2H3,(H2,7,8). The fraction of sp³-hybridized carbons (Fsp3) is 0.833. The van der Waals surface area contributed by atoms with Crippen LogP contribution >= 0.6 is 0 Å². The van der Waals surface area contributed by atoms with E-state index in [1.165, 1.54) is 0 Å². The number of primary amides is 1. The first-order valence-electron chi connectivity index (χ1n) is 3.54. The van der Waals surface area contributed by atoms with E-state index in [2.05, 4.69) is 4.18 Å². The summed E-state index contributed by atoms with van der Waals surface area (Å²) in [6.45, 7) is 1.81. The highest BCUT2D eigenvalue weighted by Gasteiger charge is 2.19. The number of carbonyl (C=O) groups excluding carboxylic acids is 1. The molecule has 0 rings (SSSR count). The predicted molar refractivity (Wildman–Crippen MR) is 43.8 cm³/mol. The molecule has 0 heterocycles. The zero-order valence-electron chi connectivity index (χ0n) is 7.11. The molecule has 0 saturated carbocycles. The molecule has 6 heteroatoms. The lowest BCUT2D eigenvalue weighted by atomic mass is 10.2. The van der Waals surface area contributed by atoms with Crippen molar-refractivity contribution in [3.63, 3.8) is 0 Å². The maximum atomic E-state index is 10.6. The molecular weight excluding hydrogens is 182 g/mol. The molecule has 0 aliphatic carbocycles. The van der Waals surface area contributed by atoms with Crippen molar-refractivity contribution in [2.45, 2.75) is 25.9 Å². The molecule has 5 nitrogen and oxygen atoms in total. The van der Waals surface area contributed by atoms with Crippen molar-refractivity contribution in [1.29, 1.82) is 0 Å². The minimum absolute atomic E-state index is 0.322. The lowest BCUT2D eigenvalue weighted by Crippen LogP contribution is -2.32. The smallest absolute Gasteiger partial charge is 0.265 e. The fourth-order valence-electron chi connectivity index (χ4n) is 0.711. The van der Waals surface area contributed by atoms with E-state index in [1.807, 2.05) is 6.92 Å². The molecular formula is C6H13NO4S. The van der Waals surface area contributed by atoms with Crippen LogP contribution in [0.5, 0.6) is 0 Å². The zero-order chi connectivity index (χ0) is 9.78. The molecule has 0 aromatic heterocycles. The molecule has 0 saturated heterocycles. The number of rotatable bonds is 5. The van der Waals surface area contributed by atoms with E-state index >= 15 is 0 Å². The highest BCUT2D eigenvalue weighted by molar-refractivity contribution is 7.86. The number of hydrogen-bond acceptors (Lipinski definition) is 4. The van der Waals surface area contributed by atoms with E-state index in [9.17, 15) is 13.2 Å². The molecule has 0 radical (unpaired) electrons. The van der Waals surface area contributed by atoms with Gasteiger partial charge in [-0.25, -0.2) is 0 Å². The van der Waals surface area contributed by atoms with Gasteiger partial charge in [-0.05, 0) is 6.42 Å². The Morgan fingerprint density at radius 1 is 1.58 bits per heavy atom. The molecule has 1 atom stereocenters. The van der Waals surface area contributed by atoms with E-state index in [1.54, 1.807) is 0 Å². The first-order chi connectivity index (χ1) is 5.37. The Kier molecular flexibility index (Phi) is 4.19. The van der Waals surface area contributed by atoms with Gasteiger partial charge in [0.05, 0.1) is 6.26 Å². The van der Waals surface area contributed by atoms with Crippen LogP contribution in [-0.4, -0.2) is 26.7 Å². The summed E-state index contributed by atoms with van der Waals surface area (Å²) in [4.78, 5) is 10.6. The van der Waals surface area contributed by atoms with Gasteiger partial charge in [0.15, 0.2) is 6.10 Å². The fourth-order valence-corrected chi connectivity index (χ4v) is 1.32. The average Bonchev–Trinajstić information content (AvgIpc) is 1.83. The quantitative estimate of drug-likeness (QED) is 0.606. The Bertz CT molecular complexity index is 246. The van der Waals surface area contributed by atoms with Gasteiger partial charge >= 0.3 is 0 Å². The second-order valence-corrected chi connectivity index (χ2v) is 4.08. The minimum atomic E-state index is -3.59. The maximum absolute atomic E-state index is 10.6. The highest BCUT2D eigenvalue weighted by atomic mass is 32.2. The van der Waals surface area contributed by atoms with Crippen molar-refractivity contribution >= 4 is 16.0 Å². The largest absolute Gasteiger partial charge is 0.367 e. The molecule has 12 heavy (non-hydrogen) atoms. The number of nitrogens with two attached hydrogens (primary N) is 1. The summed E-state index contributed by atoms with van der Waals surface area (Å²) in [5.74, 6) is -0.748. The predicted octanol–water partition coefficient (Wildman–Crippen LogP) is -0.383. The van der Waals surface area contributed by atoms with Crippen LogP contribution in [0.3, 0.4) is 0 Å². The van der Waals surface area contributed by atoms with E-state index in [4.69, 9.17) is 5.73 Å². The molecule has 0 bridgehead atoms. The van der Waals surface area contributed by atoms with Crippen LogP contribution in [0.2, 0.25) is 0 Å². The Balaban J connectivity index is 4.24. The van der Waals surface area contributed by atoms with Gasteiger partial charge in [-0.1, -0.05) is 13.3 Å². The lowest BCUT2D eigenvalue weighted by Gasteiger charge is -2.10. The monoisotopic (exact) mass is 195 g/mol. The van der Waals surface area contributed by atoms with E-state index in [0.717, 1.165) is 6.26 Å².